The molecule has 0 unspecified atom stereocenters. The van der Waals surface area contributed by atoms with E-state index in [2.05, 4.69) is 25.7 Å². The molecule has 2 heterocycles. The first kappa shape index (κ1) is 38.0. The van der Waals surface area contributed by atoms with E-state index in [9.17, 15) is 14.0 Å². The zero-order valence-corrected chi connectivity index (χ0v) is 30.8. The second-order valence-electron chi connectivity index (χ2n) is 15.1. The summed E-state index contributed by atoms with van der Waals surface area (Å²) in [5.41, 5.74) is 2.61. The van der Waals surface area contributed by atoms with E-state index in [0.29, 0.717) is 31.6 Å². The number of aryl methyl sites for hydroxylation is 1. The van der Waals surface area contributed by atoms with Crippen molar-refractivity contribution < 1.29 is 23.5 Å². The number of rotatable bonds is 17. The molecule has 2 aliphatic carbocycles. The number of anilines is 1. The van der Waals surface area contributed by atoms with E-state index >= 15 is 0 Å². The second kappa shape index (κ2) is 18.3. The predicted octanol–water partition coefficient (Wildman–Crippen LogP) is 8.20. The van der Waals surface area contributed by atoms with Gasteiger partial charge in [-0.05, 0) is 90.0 Å². The smallest absolute Gasteiger partial charge is 0.410 e. The maximum absolute atomic E-state index is 15.0. The van der Waals surface area contributed by atoms with Crippen molar-refractivity contribution in [3.8, 4) is 11.3 Å². The fourth-order valence-electron chi connectivity index (χ4n) is 6.64. The Balaban J connectivity index is 1.06. The van der Waals surface area contributed by atoms with Crippen LogP contribution in [0.25, 0.3) is 11.3 Å². The average Bonchev–Trinajstić information content (AvgIpc) is 3.86. The molecule has 2 aliphatic rings. The van der Waals surface area contributed by atoms with Crippen molar-refractivity contribution in [2.45, 2.75) is 128 Å². The van der Waals surface area contributed by atoms with Crippen molar-refractivity contribution in [2.24, 2.45) is 13.0 Å². The maximum Gasteiger partial charge on any atom is 0.410 e. The van der Waals surface area contributed by atoms with Crippen LogP contribution in [0.1, 0.15) is 109 Å². The van der Waals surface area contributed by atoms with Crippen LogP contribution in [0.4, 0.5) is 19.9 Å². The summed E-state index contributed by atoms with van der Waals surface area (Å²) in [6.07, 6.45) is 14.7. The summed E-state index contributed by atoms with van der Waals surface area (Å²) >= 11 is 0. The Bertz CT molecular complexity index is 1550. The number of carbonyl (C=O) groups excluding carboxylic acids is 2. The Kier molecular flexibility index (Phi) is 13.7. The lowest BCUT2D eigenvalue weighted by atomic mass is 9.90. The van der Waals surface area contributed by atoms with Gasteiger partial charge in [0.25, 0.3) is 0 Å². The molecule has 0 radical (unpaired) electrons. The molecule has 5 rings (SSSR count). The molecular formula is C39H56FN7O4. The van der Waals surface area contributed by atoms with Gasteiger partial charge in [0, 0.05) is 43.5 Å². The van der Waals surface area contributed by atoms with E-state index in [1.54, 1.807) is 6.20 Å². The summed E-state index contributed by atoms with van der Waals surface area (Å²) in [6.45, 7) is 7.06. The van der Waals surface area contributed by atoms with Gasteiger partial charge in [-0.1, -0.05) is 56.0 Å². The predicted molar refractivity (Wildman–Crippen MR) is 196 cm³/mol. The molecule has 3 aromatic rings. The number of alkyl carbamates (subject to hydrolysis) is 1. The van der Waals surface area contributed by atoms with Gasteiger partial charge in [0.1, 0.15) is 11.3 Å². The molecule has 0 spiro atoms. The third-order valence-electron chi connectivity index (χ3n) is 9.61. The summed E-state index contributed by atoms with van der Waals surface area (Å²) in [6, 6.07) is 10.2. The van der Waals surface area contributed by atoms with Crippen LogP contribution in [-0.4, -0.2) is 67.7 Å². The lowest BCUT2D eigenvalue weighted by molar-refractivity contribution is 0.0526. The third kappa shape index (κ3) is 12.2. The lowest BCUT2D eigenvalue weighted by Crippen LogP contribution is -2.44. The van der Waals surface area contributed by atoms with Crippen molar-refractivity contribution >= 4 is 18.1 Å². The van der Waals surface area contributed by atoms with Crippen LogP contribution >= 0.6 is 0 Å². The van der Waals surface area contributed by atoms with E-state index in [4.69, 9.17) is 9.47 Å². The van der Waals surface area contributed by atoms with E-state index in [1.165, 1.54) is 19.0 Å². The normalized spacial score (nSPS) is 17.5. The Morgan fingerprint density at radius 1 is 0.961 bits per heavy atom. The molecule has 2 saturated carbocycles. The quantitative estimate of drug-likeness (QED) is 0.135. The molecule has 0 aliphatic heterocycles. The highest BCUT2D eigenvalue weighted by Gasteiger charge is 2.31. The highest BCUT2D eigenvalue weighted by Crippen LogP contribution is 2.36. The first-order chi connectivity index (χ1) is 24.6. The van der Waals surface area contributed by atoms with Gasteiger partial charge in [0.2, 0.25) is 5.95 Å². The van der Waals surface area contributed by atoms with Gasteiger partial charge < -0.3 is 25.0 Å². The van der Waals surface area contributed by atoms with Gasteiger partial charge in [0.05, 0.1) is 19.0 Å². The SMILES string of the molecule is Cn1ncc(-c2nc(NC3CCC(N(Cc4ccccc4)C(=O)OCCCCCCCCNC(=O)OC(C)(C)C)CC3)ncc2F)c1CC1CC1. The molecule has 11 nitrogen and oxygen atoms in total. The number of nitrogens with one attached hydrogen (secondary N) is 2. The van der Waals surface area contributed by atoms with Crippen LogP contribution < -0.4 is 10.6 Å². The Morgan fingerprint density at radius 2 is 1.67 bits per heavy atom. The molecule has 1 aromatic carbocycles. The van der Waals surface area contributed by atoms with E-state index in [0.717, 1.165) is 87.4 Å². The van der Waals surface area contributed by atoms with Crippen LogP contribution in [-0.2, 0) is 29.5 Å². The highest BCUT2D eigenvalue weighted by atomic mass is 19.1. The number of hydrogen-bond acceptors (Lipinski definition) is 8. The average molecular weight is 706 g/mol. The number of hydrogen-bond donors (Lipinski definition) is 2. The summed E-state index contributed by atoms with van der Waals surface area (Å²) in [5.74, 6) is 0.599. The summed E-state index contributed by atoms with van der Waals surface area (Å²) < 4.78 is 27.9. The standard InChI is InChI=1S/C39H56FN7O4/c1-39(2,3)51-37(48)41-22-12-7-5-6-8-13-23-50-38(49)47(27-29-14-10-9-11-15-29)31-20-18-30(19-21-31)44-36-42-26-33(40)35(45-36)32-25-43-46(4)34(32)24-28-16-17-28/h9-11,14-15,25-26,28,30-31H,5-8,12-13,16-24,27H2,1-4H3,(H,41,48)(H,42,44,45). The van der Waals surface area contributed by atoms with Gasteiger partial charge in [-0.15, -0.1) is 0 Å². The minimum Gasteiger partial charge on any atom is -0.449 e. The Hall–Kier alpha value is -4.22. The summed E-state index contributed by atoms with van der Waals surface area (Å²) in [5, 5.41) is 10.6. The molecule has 0 saturated heterocycles. The number of nitrogens with zero attached hydrogens (tertiary/aromatic N) is 5. The number of unbranched alkanes of at least 4 members (excludes halogenated alkanes) is 5. The number of halogens is 1. The van der Waals surface area contributed by atoms with Crippen LogP contribution in [0, 0.1) is 11.7 Å². The molecule has 2 aromatic heterocycles. The largest absolute Gasteiger partial charge is 0.449 e. The van der Waals surface area contributed by atoms with Crippen LogP contribution in [0.15, 0.2) is 42.7 Å². The Labute approximate surface area is 302 Å². The lowest BCUT2D eigenvalue weighted by Gasteiger charge is -2.36. The maximum atomic E-state index is 15.0. The first-order valence-corrected chi connectivity index (χ1v) is 18.8. The molecule has 0 atom stereocenters. The van der Waals surface area contributed by atoms with Crippen LogP contribution in [0.2, 0.25) is 0 Å². The minimum absolute atomic E-state index is 0.0510. The van der Waals surface area contributed by atoms with E-state index in [-0.39, 0.29) is 30.0 Å². The number of benzene rings is 1. The second-order valence-corrected chi connectivity index (χ2v) is 15.1. The van der Waals surface area contributed by atoms with Gasteiger partial charge in [-0.2, -0.15) is 5.10 Å². The first-order valence-electron chi connectivity index (χ1n) is 18.8. The van der Waals surface area contributed by atoms with Crippen molar-refractivity contribution in [1.29, 1.82) is 0 Å². The fourth-order valence-corrected chi connectivity index (χ4v) is 6.64. The molecular weight excluding hydrogens is 649 g/mol. The number of amides is 2. The zero-order chi connectivity index (χ0) is 36.2. The molecule has 278 valence electrons. The van der Waals surface area contributed by atoms with E-state index < -0.39 is 11.4 Å². The van der Waals surface area contributed by atoms with Crippen LogP contribution in [0.5, 0.6) is 0 Å². The molecule has 12 heteroatoms. The minimum atomic E-state index is -0.489. The van der Waals surface area contributed by atoms with Crippen molar-refractivity contribution in [1.82, 2.24) is 30.0 Å². The number of aromatic nitrogens is 4. The zero-order valence-electron chi connectivity index (χ0n) is 30.8. The summed E-state index contributed by atoms with van der Waals surface area (Å²) in [4.78, 5) is 36.0. The molecule has 2 N–H and O–H groups in total. The monoisotopic (exact) mass is 705 g/mol. The van der Waals surface area contributed by atoms with Gasteiger partial charge in [-0.25, -0.2) is 23.9 Å². The Morgan fingerprint density at radius 3 is 2.37 bits per heavy atom. The van der Waals surface area contributed by atoms with Gasteiger partial charge in [0.15, 0.2) is 5.82 Å². The van der Waals surface area contributed by atoms with Crippen molar-refractivity contribution in [2.75, 3.05) is 18.5 Å². The van der Waals surface area contributed by atoms with Crippen molar-refractivity contribution in [3.05, 3.63) is 59.8 Å². The number of carbonyl (C=O) groups is 2. The van der Waals surface area contributed by atoms with Gasteiger partial charge in [-0.3, -0.25) is 4.68 Å². The van der Waals surface area contributed by atoms with Crippen LogP contribution in [0.3, 0.4) is 0 Å². The summed E-state index contributed by atoms with van der Waals surface area (Å²) in [7, 11) is 1.90. The van der Waals surface area contributed by atoms with Crippen molar-refractivity contribution in [3.63, 3.8) is 0 Å². The highest BCUT2D eigenvalue weighted by molar-refractivity contribution is 5.68. The number of ether oxygens (including phenoxy) is 2. The fraction of sp³-hybridized carbons (Fsp3) is 0.615. The molecule has 2 amide bonds. The molecule has 0 bridgehead atoms. The molecule has 2 fully saturated rings. The topological polar surface area (TPSA) is 124 Å². The van der Waals surface area contributed by atoms with E-state index in [1.807, 2.05) is 67.7 Å². The molecule has 51 heavy (non-hydrogen) atoms. The third-order valence-corrected chi connectivity index (χ3v) is 9.61. The van der Waals surface area contributed by atoms with Gasteiger partial charge >= 0.3 is 12.2 Å².